The van der Waals surface area contributed by atoms with Crippen LogP contribution < -0.4 is 4.74 Å². The number of halogens is 2. The maximum atomic E-state index is 12.7. The molecular weight excluding hydrogens is 311 g/mol. The zero-order valence-electron chi connectivity index (χ0n) is 11.4. The van der Waals surface area contributed by atoms with Gasteiger partial charge in [-0.2, -0.15) is 0 Å². The molecule has 21 heavy (non-hydrogen) atoms. The fraction of sp³-hybridized carbons (Fsp3) is 0.250. The summed E-state index contributed by atoms with van der Waals surface area (Å²) in [4.78, 5) is 0. The monoisotopic (exact) mass is 326 g/mol. The molecule has 0 spiro atoms. The molecule has 2 aromatic rings. The Morgan fingerprint density at radius 1 is 1.05 bits per heavy atom. The van der Waals surface area contributed by atoms with Gasteiger partial charge in [0.15, 0.2) is 0 Å². The predicted molar refractivity (Wildman–Crippen MR) is 84.7 cm³/mol. The average Bonchev–Trinajstić information content (AvgIpc) is 2.48. The van der Waals surface area contributed by atoms with Crippen LogP contribution in [0.1, 0.15) is 12.0 Å². The van der Waals surface area contributed by atoms with Crippen LogP contribution in [-0.4, -0.2) is 16.6 Å². The Bertz CT molecular complexity index is 584. The summed E-state index contributed by atoms with van der Waals surface area (Å²) >= 11 is 5.80. The van der Waals surface area contributed by atoms with Crippen molar-refractivity contribution >= 4 is 22.4 Å². The summed E-state index contributed by atoms with van der Waals surface area (Å²) in [6.07, 6.45) is 0.692. The molecule has 0 aliphatic heterocycles. The largest absolute Gasteiger partial charge is 0.494 e. The molecule has 0 radical (unpaired) electrons. The Morgan fingerprint density at radius 2 is 1.71 bits per heavy atom. The molecule has 2 aromatic carbocycles. The highest BCUT2D eigenvalue weighted by Crippen LogP contribution is 2.13. The Hall–Kier alpha value is -1.39. The van der Waals surface area contributed by atoms with Crippen molar-refractivity contribution in [2.45, 2.75) is 12.2 Å². The van der Waals surface area contributed by atoms with Gasteiger partial charge in [0.1, 0.15) is 11.6 Å². The van der Waals surface area contributed by atoms with Crippen molar-refractivity contribution in [2.75, 3.05) is 12.4 Å². The van der Waals surface area contributed by atoms with Crippen LogP contribution in [0.25, 0.3) is 0 Å². The van der Waals surface area contributed by atoms with Crippen molar-refractivity contribution in [3.05, 3.63) is 64.9 Å². The standard InChI is InChI=1S/C16H16ClFO2S/c17-14-4-2-13(3-5-14)12-21(19)11-1-10-20-16-8-6-15(18)7-9-16/h2-9H,1,10-12H2/t21-/m1/s1. The minimum Gasteiger partial charge on any atom is -0.494 e. The predicted octanol–water partition coefficient (Wildman–Crippen LogP) is 4.20. The molecule has 5 heteroatoms. The number of benzene rings is 2. The topological polar surface area (TPSA) is 26.3 Å². The fourth-order valence-corrected chi connectivity index (χ4v) is 3.05. The Balaban J connectivity index is 1.67. The van der Waals surface area contributed by atoms with Crippen LogP contribution in [-0.2, 0) is 16.6 Å². The molecule has 0 amide bonds. The second-order valence-electron chi connectivity index (χ2n) is 4.57. The van der Waals surface area contributed by atoms with E-state index < -0.39 is 10.8 Å². The molecule has 2 rings (SSSR count). The highest BCUT2D eigenvalue weighted by atomic mass is 35.5. The van der Waals surface area contributed by atoms with Gasteiger partial charge >= 0.3 is 0 Å². The van der Waals surface area contributed by atoms with Gasteiger partial charge < -0.3 is 4.74 Å². The van der Waals surface area contributed by atoms with Crippen LogP contribution in [0.3, 0.4) is 0 Å². The minimum atomic E-state index is -0.922. The lowest BCUT2D eigenvalue weighted by molar-refractivity contribution is 0.318. The molecule has 0 N–H and O–H groups in total. The molecule has 0 aromatic heterocycles. The molecule has 0 saturated carbocycles. The molecule has 0 fully saturated rings. The first-order chi connectivity index (χ1) is 10.1. The summed E-state index contributed by atoms with van der Waals surface area (Å²) in [6.45, 7) is 0.470. The van der Waals surface area contributed by atoms with E-state index in [0.717, 1.165) is 5.56 Å². The van der Waals surface area contributed by atoms with Gasteiger partial charge in [0, 0.05) is 27.3 Å². The van der Waals surface area contributed by atoms with Gasteiger partial charge in [0.25, 0.3) is 0 Å². The van der Waals surface area contributed by atoms with Crippen LogP contribution >= 0.6 is 11.6 Å². The molecule has 0 unspecified atom stereocenters. The second kappa shape index (κ2) is 8.15. The van der Waals surface area contributed by atoms with E-state index in [2.05, 4.69) is 0 Å². The number of rotatable bonds is 7. The molecule has 0 heterocycles. The summed E-state index contributed by atoms with van der Waals surface area (Å²) < 4.78 is 30.1. The zero-order valence-corrected chi connectivity index (χ0v) is 13.0. The molecule has 0 saturated heterocycles. The van der Waals surface area contributed by atoms with Gasteiger partial charge in [0.05, 0.1) is 6.61 Å². The summed E-state index contributed by atoms with van der Waals surface area (Å²) in [7, 11) is -0.922. The molecule has 1 atom stereocenters. The lowest BCUT2D eigenvalue weighted by Crippen LogP contribution is -2.06. The lowest BCUT2D eigenvalue weighted by Gasteiger charge is -2.06. The van der Waals surface area contributed by atoms with Crippen molar-refractivity contribution < 1.29 is 13.3 Å². The third-order valence-corrected chi connectivity index (χ3v) is 4.49. The van der Waals surface area contributed by atoms with Crippen LogP contribution in [0.15, 0.2) is 48.5 Å². The quantitative estimate of drug-likeness (QED) is 0.713. The molecule has 0 bridgehead atoms. The maximum Gasteiger partial charge on any atom is 0.123 e. The van der Waals surface area contributed by atoms with E-state index in [0.29, 0.717) is 35.3 Å². The lowest BCUT2D eigenvalue weighted by atomic mass is 10.2. The first kappa shape index (κ1) is 16.0. The van der Waals surface area contributed by atoms with Crippen LogP contribution in [0.5, 0.6) is 5.75 Å². The van der Waals surface area contributed by atoms with Crippen molar-refractivity contribution in [3.8, 4) is 5.75 Å². The van der Waals surface area contributed by atoms with E-state index in [1.54, 1.807) is 24.3 Å². The van der Waals surface area contributed by atoms with Gasteiger partial charge in [-0.1, -0.05) is 23.7 Å². The smallest absolute Gasteiger partial charge is 0.123 e. The highest BCUT2D eigenvalue weighted by molar-refractivity contribution is 7.84. The van der Waals surface area contributed by atoms with Crippen LogP contribution in [0, 0.1) is 5.82 Å². The zero-order chi connectivity index (χ0) is 15.1. The van der Waals surface area contributed by atoms with Crippen molar-refractivity contribution in [3.63, 3.8) is 0 Å². The molecule has 2 nitrogen and oxygen atoms in total. The van der Waals surface area contributed by atoms with E-state index in [-0.39, 0.29) is 5.82 Å². The normalized spacial score (nSPS) is 12.1. The summed E-state index contributed by atoms with van der Waals surface area (Å²) in [6, 6.07) is 13.2. The number of ether oxygens (including phenoxy) is 1. The third-order valence-electron chi connectivity index (χ3n) is 2.84. The first-order valence-electron chi connectivity index (χ1n) is 6.61. The summed E-state index contributed by atoms with van der Waals surface area (Å²) in [5.41, 5.74) is 1.01. The molecule has 0 aliphatic rings. The fourth-order valence-electron chi connectivity index (χ4n) is 1.78. The molecule has 112 valence electrons. The van der Waals surface area contributed by atoms with Crippen LogP contribution in [0.4, 0.5) is 4.39 Å². The summed E-state index contributed by atoms with van der Waals surface area (Å²) in [5.74, 6) is 1.43. The Labute approximate surface area is 131 Å². The van der Waals surface area contributed by atoms with E-state index in [1.807, 2.05) is 12.1 Å². The van der Waals surface area contributed by atoms with E-state index in [9.17, 15) is 8.60 Å². The van der Waals surface area contributed by atoms with E-state index in [4.69, 9.17) is 16.3 Å². The second-order valence-corrected chi connectivity index (χ2v) is 6.58. The summed E-state index contributed by atoms with van der Waals surface area (Å²) in [5, 5.41) is 0.678. The first-order valence-corrected chi connectivity index (χ1v) is 8.48. The van der Waals surface area contributed by atoms with Gasteiger partial charge in [-0.3, -0.25) is 4.21 Å². The highest BCUT2D eigenvalue weighted by Gasteiger charge is 2.03. The van der Waals surface area contributed by atoms with E-state index >= 15 is 0 Å². The van der Waals surface area contributed by atoms with Gasteiger partial charge in [0.2, 0.25) is 0 Å². The Kier molecular flexibility index (Phi) is 6.21. The minimum absolute atomic E-state index is 0.286. The average molecular weight is 327 g/mol. The van der Waals surface area contributed by atoms with Crippen molar-refractivity contribution in [1.29, 1.82) is 0 Å². The van der Waals surface area contributed by atoms with Gasteiger partial charge in [-0.05, 0) is 48.4 Å². The van der Waals surface area contributed by atoms with Crippen molar-refractivity contribution in [2.24, 2.45) is 0 Å². The Morgan fingerprint density at radius 3 is 2.38 bits per heavy atom. The SMILES string of the molecule is O=[S@](CCCOc1ccc(F)cc1)Cc1ccc(Cl)cc1. The third kappa shape index (κ3) is 5.86. The number of hydrogen-bond acceptors (Lipinski definition) is 2. The molecule has 0 aliphatic carbocycles. The van der Waals surface area contributed by atoms with Crippen LogP contribution in [0.2, 0.25) is 5.02 Å². The van der Waals surface area contributed by atoms with Gasteiger partial charge in [-0.25, -0.2) is 4.39 Å². The maximum absolute atomic E-state index is 12.7. The number of hydrogen-bond donors (Lipinski definition) is 0. The van der Waals surface area contributed by atoms with Crippen molar-refractivity contribution in [1.82, 2.24) is 0 Å². The molecular formula is C16H16ClFO2S. The van der Waals surface area contributed by atoms with Gasteiger partial charge in [-0.15, -0.1) is 0 Å². The van der Waals surface area contributed by atoms with E-state index in [1.165, 1.54) is 12.1 Å².